The monoisotopic (exact) mass is 550 g/mol. The predicted octanol–water partition coefficient (Wildman–Crippen LogP) is 5.56. The lowest BCUT2D eigenvalue weighted by molar-refractivity contribution is -0.153. The van der Waals surface area contributed by atoms with Gasteiger partial charge in [0.05, 0.1) is 22.6 Å². The average Bonchev–Trinajstić information content (AvgIpc) is 3.43. The van der Waals surface area contributed by atoms with Crippen LogP contribution in [0, 0.1) is 0 Å². The van der Waals surface area contributed by atoms with Crippen LogP contribution in [-0.4, -0.2) is 69.5 Å². The topological polar surface area (TPSA) is 92.7 Å². The number of hydrogen-bond acceptors (Lipinski definition) is 8. The van der Waals surface area contributed by atoms with Crippen LogP contribution in [0.4, 0.5) is 35.3 Å². The van der Waals surface area contributed by atoms with E-state index in [1.54, 1.807) is 11.0 Å². The van der Waals surface area contributed by atoms with Crippen LogP contribution in [0.1, 0.15) is 27.2 Å². The average molecular weight is 551 g/mol. The molecule has 2 atom stereocenters. The summed E-state index contributed by atoms with van der Waals surface area (Å²) in [6, 6.07) is 8.25. The number of pyridine rings is 1. The molecule has 9 nitrogen and oxygen atoms in total. The van der Waals surface area contributed by atoms with E-state index in [0.717, 1.165) is 12.2 Å². The second-order valence-corrected chi connectivity index (χ2v) is 10.7. The molecule has 0 spiro atoms. The number of amides is 1. The second-order valence-electron chi connectivity index (χ2n) is 10.3. The summed E-state index contributed by atoms with van der Waals surface area (Å²) in [5, 5.41) is 3.14. The number of nitrogens with one attached hydrogen (secondary N) is 1. The summed E-state index contributed by atoms with van der Waals surface area (Å²) >= 11 is 6.14. The third-order valence-corrected chi connectivity index (χ3v) is 6.51. The molecule has 0 saturated carbocycles. The quantitative estimate of drug-likeness (QED) is 0.441. The van der Waals surface area contributed by atoms with Crippen molar-refractivity contribution in [1.29, 1.82) is 0 Å². The Bertz CT molecular complexity index is 1370. The molecule has 1 N–H and O–H groups in total. The van der Waals surface area contributed by atoms with Crippen molar-refractivity contribution < 1.29 is 27.4 Å². The largest absolute Gasteiger partial charge is 0.483 e. The van der Waals surface area contributed by atoms with Crippen LogP contribution >= 0.6 is 11.6 Å². The number of rotatable bonds is 5. The van der Waals surface area contributed by atoms with Gasteiger partial charge < -0.3 is 24.6 Å². The fraction of sp³-hybridized carbons (Fsp3) is 0.440. The zero-order chi connectivity index (χ0) is 27.2. The summed E-state index contributed by atoms with van der Waals surface area (Å²) in [5.74, 6) is 1.07. The Morgan fingerprint density at radius 2 is 1.92 bits per heavy atom. The third-order valence-electron chi connectivity index (χ3n) is 6.22. The van der Waals surface area contributed by atoms with Gasteiger partial charge in [-0.05, 0) is 57.5 Å². The Morgan fingerprint density at radius 1 is 1.13 bits per heavy atom. The molecule has 0 unspecified atom stereocenters. The van der Waals surface area contributed by atoms with Crippen molar-refractivity contribution in [2.45, 2.75) is 51.1 Å². The summed E-state index contributed by atoms with van der Waals surface area (Å²) in [5.41, 5.74) is 1.07. The molecule has 202 valence electrons. The van der Waals surface area contributed by atoms with Crippen LogP contribution in [0.15, 0.2) is 36.7 Å². The van der Waals surface area contributed by atoms with Crippen LogP contribution in [-0.2, 0) is 4.74 Å². The number of alkyl halides is 3. The number of aromatic nitrogens is 3. The van der Waals surface area contributed by atoms with E-state index in [-0.39, 0.29) is 28.9 Å². The number of anilines is 3. The third kappa shape index (κ3) is 5.64. The van der Waals surface area contributed by atoms with E-state index in [9.17, 15) is 18.0 Å². The van der Waals surface area contributed by atoms with Crippen molar-refractivity contribution in [2.75, 3.05) is 29.9 Å². The van der Waals surface area contributed by atoms with E-state index in [2.05, 4.69) is 20.2 Å². The first-order chi connectivity index (χ1) is 17.9. The van der Waals surface area contributed by atoms with Gasteiger partial charge in [-0.3, -0.25) is 0 Å². The summed E-state index contributed by atoms with van der Waals surface area (Å²) in [4.78, 5) is 30.0. The van der Waals surface area contributed by atoms with E-state index < -0.39 is 18.4 Å². The van der Waals surface area contributed by atoms with Gasteiger partial charge in [-0.15, -0.1) is 0 Å². The summed E-state index contributed by atoms with van der Waals surface area (Å²) in [7, 11) is 0. The Morgan fingerprint density at radius 3 is 2.58 bits per heavy atom. The molecule has 2 saturated heterocycles. The number of carbonyl (C=O) groups excluding carboxylic acids is 1. The number of hydrogen-bond donors (Lipinski definition) is 1. The molecule has 2 aliphatic heterocycles. The summed E-state index contributed by atoms with van der Waals surface area (Å²) in [6.07, 6.45) is -2.54. The van der Waals surface area contributed by atoms with Crippen molar-refractivity contribution in [1.82, 2.24) is 19.9 Å². The Kier molecular flexibility index (Phi) is 6.62. The van der Waals surface area contributed by atoms with Crippen molar-refractivity contribution in [3.63, 3.8) is 0 Å². The lowest BCUT2D eigenvalue weighted by Crippen LogP contribution is -2.50. The minimum atomic E-state index is -4.47. The maximum absolute atomic E-state index is 12.6. The molecule has 4 heterocycles. The van der Waals surface area contributed by atoms with Crippen LogP contribution < -0.4 is 15.0 Å². The second kappa shape index (κ2) is 9.64. The highest BCUT2D eigenvalue weighted by molar-refractivity contribution is 6.32. The fourth-order valence-corrected chi connectivity index (χ4v) is 4.90. The number of fused-ring (bicyclic) bond motifs is 3. The molecule has 2 fully saturated rings. The molecule has 1 amide bonds. The van der Waals surface area contributed by atoms with Gasteiger partial charge in [-0.25, -0.2) is 19.7 Å². The number of likely N-dealkylation sites (tertiary alicyclic amines) is 1. The van der Waals surface area contributed by atoms with E-state index in [1.165, 1.54) is 18.5 Å². The molecule has 1 aromatic carbocycles. The van der Waals surface area contributed by atoms with Crippen molar-refractivity contribution in [3.05, 3.63) is 41.7 Å². The number of piperazine rings is 1. The molecular formula is C25H26ClF3N6O3. The number of ether oxygens (including phenoxy) is 2. The number of halogens is 4. The lowest BCUT2D eigenvalue weighted by atomic mass is 10.2. The van der Waals surface area contributed by atoms with Crippen LogP contribution in [0.25, 0.3) is 11.0 Å². The van der Waals surface area contributed by atoms with E-state index in [0.29, 0.717) is 35.6 Å². The first kappa shape index (κ1) is 26.1. The van der Waals surface area contributed by atoms with Crippen LogP contribution in [0.5, 0.6) is 5.75 Å². The molecule has 0 radical (unpaired) electrons. The van der Waals surface area contributed by atoms with Crippen molar-refractivity contribution in [3.8, 4) is 5.75 Å². The standard InChI is InChI=1S/C25H26ClF3N6O3/c1-24(2,3)38-23(36)35-11-15-9-16(35)10-34(15)20-7-5-18-21(33-20)22(31-13-30-18)32-14-4-6-19(17(26)8-14)37-12-25(27,28)29/h4-8,13,15-16H,9-12H2,1-3H3,(H,30,31,32)/t15-,16-/m0/s1. The first-order valence-electron chi connectivity index (χ1n) is 12.0. The molecule has 3 aromatic rings. The minimum absolute atomic E-state index is 0.0221. The van der Waals surface area contributed by atoms with E-state index >= 15 is 0 Å². The van der Waals surface area contributed by atoms with Crippen LogP contribution in [0.2, 0.25) is 5.02 Å². The molecule has 2 bridgehead atoms. The van der Waals surface area contributed by atoms with Gasteiger partial charge in [0.2, 0.25) is 0 Å². The highest BCUT2D eigenvalue weighted by Crippen LogP contribution is 2.36. The van der Waals surface area contributed by atoms with Gasteiger partial charge in [0.15, 0.2) is 12.4 Å². The van der Waals surface area contributed by atoms with Crippen LogP contribution in [0.3, 0.4) is 0 Å². The van der Waals surface area contributed by atoms with Gasteiger partial charge in [-0.1, -0.05) is 11.6 Å². The molecule has 38 heavy (non-hydrogen) atoms. The van der Waals surface area contributed by atoms with Gasteiger partial charge in [0.25, 0.3) is 0 Å². The summed E-state index contributed by atoms with van der Waals surface area (Å²) in [6.45, 7) is 5.30. The zero-order valence-electron chi connectivity index (χ0n) is 20.9. The molecule has 0 aliphatic carbocycles. The van der Waals surface area contributed by atoms with Crippen molar-refractivity contribution >= 4 is 46.1 Å². The molecule has 5 rings (SSSR count). The van der Waals surface area contributed by atoms with Gasteiger partial charge >= 0.3 is 12.3 Å². The number of carbonyl (C=O) groups is 1. The number of benzene rings is 1. The highest BCUT2D eigenvalue weighted by Gasteiger charge is 2.47. The van der Waals surface area contributed by atoms with E-state index in [1.807, 2.05) is 32.9 Å². The SMILES string of the molecule is CC(C)(C)OC(=O)N1C[C@@H]2C[C@H]1CN2c1ccc2ncnc(Nc3ccc(OCC(F)(F)F)c(Cl)c3)c2n1. The zero-order valence-corrected chi connectivity index (χ0v) is 21.7. The maximum atomic E-state index is 12.6. The number of nitrogens with zero attached hydrogens (tertiary/aromatic N) is 5. The first-order valence-corrected chi connectivity index (χ1v) is 12.4. The van der Waals surface area contributed by atoms with E-state index in [4.69, 9.17) is 26.1 Å². The maximum Gasteiger partial charge on any atom is 0.422 e. The Balaban J connectivity index is 1.33. The predicted molar refractivity (Wildman–Crippen MR) is 136 cm³/mol. The Labute approximate surface area is 221 Å². The normalized spacial score (nSPS) is 19.2. The van der Waals surface area contributed by atoms with Crippen molar-refractivity contribution in [2.24, 2.45) is 0 Å². The molecule has 2 aromatic heterocycles. The lowest BCUT2D eigenvalue weighted by Gasteiger charge is -2.35. The summed E-state index contributed by atoms with van der Waals surface area (Å²) < 4.78 is 47.7. The van der Waals surface area contributed by atoms with Gasteiger partial charge in [0.1, 0.15) is 29.0 Å². The van der Waals surface area contributed by atoms with Gasteiger partial charge in [-0.2, -0.15) is 13.2 Å². The Hall–Kier alpha value is -3.54. The van der Waals surface area contributed by atoms with Gasteiger partial charge in [0, 0.05) is 18.8 Å². The fourth-order valence-electron chi connectivity index (χ4n) is 4.66. The minimum Gasteiger partial charge on any atom is -0.483 e. The smallest absolute Gasteiger partial charge is 0.422 e. The molecule has 13 heteroatoms. The molecular weight excluding hydrogens is 525 g/mol. The molecule has 2 aliphatic rings. The highest BCUT2D eigenvalue weighted by atomic mass is 35.5.